The predicted molar refractivity (Wildman–Crippen MR) is 121 cm³/mol. The Labute approximate surface area is 167 Å². The zero-order valence-electron chi connectivity index (χ0n) is 18.1. The first-order chi connectivity index (χ1) is 12.9. The molecule has 0 aromatic rings. The summed E-state index contributed by atoms with van der Waals surface area (Å²) >= 11 is 0. The van der Waals surface area contributed by atoms with Crippen LogP contribution in [-0.4, -0.2) is 0 Å². The highest BCUT2D eigenvalue weighted by molar-refractivity contribution is 4.81. The Balaban J connectivity index is 3.04. The molecule has 0 saturated heterocycles. The van der Waals surface area contributed by atoms with Gasteiger partial charge in [-0.2, -0.15) is 0 Å². The van der Waals surface area contributed by atoms with Crippen molar-refractivity contribution in [2.75, 3.05) is 0 Å². The van der Waals surface area contributed by atoms with Crippen molar-refractivity contribution in [3.8, 4) is 0 Å². The third-order valence-electron chi connectivity index (χ3n) is 5.41. The summed E-state index contributed by atoms with van der Waals surface area (Å²) in [4.78, 5) is 0. The minimum absolute atomic E-state index is 1.11. The molecular formula is C26H50. The Morgan fingerprint density at radius 1 is 0.308 bits per heavy atom. The third-order valence-corrected chi connectivity index (χ3v) is 5.41. The van der Waals surface area contributed by atoms with Crippen LogP contribution in [0, 0.1) is 13.8 Å². The summed E-state index contributed by atoms with van der Waals surface area (Å²) in [5.74, 6) is 0. The molecule has 0 bridgehead atoms. The fraction of sp³-hybridized carbons (Fsp3) is 0.846. The van der Waals surface area contributed by atoms with Crippen LogP contribution >= 0.6 is 0 Å². The van der Waals surface area contributed by atoms with Crippen molar-refractivity contribution in [3.63, 3.8) is 0 Å². The molecule has 0 nitrogen and oxygen atoms in total. The second kappa shape index (κ2) is 24.7. The van der Waals surface area contributed by atoms with Crippen molar-refractivity contribution in [3.05, 3.63) is 26.0 Å². The average molecular weight is 363 g/mol. The van der Waals surface area contributed by atoms with Gasteiger partial charge in [-0.05, 0) is 25.7 Å². The third kappa shape index (κ3) is 23.7. The Kier molecular flexibility index (Phi) is 24.5. The Morgan fingerprint density at radius 3 is 0.808 bits per heavy atom. The maximum Gasteiger partial charge on any atom is -0.0351 e. The van der Waals surface area contributed by atoms with Crippen LogP contribution in [0.5, 0.6) is 0 Å². The topological polar surface area (TPSA) is 0 Å². The zero-order valence-corrected chi connectivity index (χ0v) is 18.1. The van der Waals surface area contributed by atoms with E-state index >= 15 is 0 Å². The minimum Gasteiger partial charge on any atom is -0.0885 e. The van der Waals surface area contributed by atoms with E-state index < -0.39 is 0 Å². The Morgan fingerprint density at radius 2 is 0.538 bits per heavy atom. The van der Waals surface area contributed by atoms with Crippen LogP contribution in [-0.2, 0) is 0 Å². The first-order valence-electron chi connectivity index (χ1n) is 12.1. The highest BCUT2D eigenvalue weighted by atomic mass is 14.0. The van der Waals surface area contributed by atoms with E-state index in [1.165, 1.54) is 128 Å². The van der Waals surface area contributed by atoms with Crippen molar-refractivity contribution >= 4 is 0 Å². The lowest BCUT2D eigenvalue weighted by Gasteiger charge is -2.02. The first-order valence-corrected chi connectivity index (χ1v) is 12.1. The molecule has 0 unspecified atom stereocenters. The largest absolute Gasteiger partial charge is 0.0885 e. The molecule has 0 heterocycles. The number of rotatable bonds is 22. The summed E-state index contributed by atoms with van der Waals surface area (Å²) in [5.41, 5.74) is 0. The van der Waals surface area contributed by atoms with E-state index in [-0.39, 0.29) is 0 Å². The van der Waals surface area contributed by atoms with Crippen molar-refractivity contribution in [2.24, 2.45) is 0 Å². The number of hydrogen-bond donors (Lipinski definition) is 0. The second-order valence-corrected chi connectivity index (χ2v) is 8.12. The van der Waals surface area contributed by atoms with Crippen molar-refractivity contribution in [2.45, 2.75) is 141 Å². The van der Waals surface area contributed by atoms with Gasteiger partial charge in [0.15, 0.2) is 0 Å². The quantitative estimate of drug-likeness (QED) is 0.133. The zero-order chi connectivity index (χ0) is 19.0. The molecule has 0 spiro atoms. The van der Waals surface area contributed by atoms with E-state index in [4.69, 9.17) is 0 Å². The standard InChI is InChI=1S/C26H50/c1-3-5-7-9-11-13-15-17-19-21-23-25-26-24-22-20-18-16-14-12-10-8-6-4-2/h19,21H,1-18,20,22-26H2/b21-19+. The van der Waals surface area contributed by atoms with E-state index in [0.717, 1.165) is 12.8 Å². The average Bonchev–Trinajstić information content (AvgIpc) is 2.66. The van der Waals surface area contributed by atoms with Crippen LogP contribution in [0.15, 0.2) is 12.2 Å². The maximum absolute atomic E-state index is 3.90. The van der Waals surface area contributed by atoms with Gasteiger partial charge in [0.1, 0.15) is 0 Å². The van der Waals surface area contributed by atoms with Crippen LogP contribution in [0.3, 0.4) is 0 Å². The normalized spacial score (nSPS) is 11.6. The molecule has 0 saturated carbocycles. The monoisotopic (exact) mass is 362 g/mol. The molecule has 0 aliphatic rings. The van der Waals surface area contributed by atoms with Gasteiger partial charge in [-0.1, -0.05) is 142 Å². The smallest absolute Gasteiger partial charge is 0.0351 e. The molecular weight excluding hydrogens is 312 g/mol. The van der Waals surface area contributed by atoms with Crippen molar-refractivity contribution in [1.29, 1.82) is 0 Å². The van der Waals surface area contributed by atoms with E-state index in [1.807, 2.05) is 0 Å². The van der Waals surface area contributed by atoms with Gasteiger partial charge in [-0.15, -0.1) is 0 Å². The summed E-state index contributed by atoms with van der Waals surface area (Å²) in [6, 6.07) is 0. The highest BCUT2D eigenvalue weighted by Crippen LogP contribution is 2.13. The highest BCUT2D eigenvalue weighted by Gasteiger charge is 1.93. The summed E-state index contributed by atoms with van der Waals surface area (Å²) in [5, 5.41) is 0. The SMILES string of the molecule is [CH2]CCCCCCCC/C=C/CCCCCCCCCCCCCC[CH2]. The van der Waals surface area contributed by atoms with Crippen LogP contribution in [0.2, 0.25) is 0 Å². The molecule has 0 aromatic carbocycles. The molecule has 26 heavy (non-hydrogen) atoms. The molecule has 0 aliphatic carbocycles. The van der Waals surface area contributed by atoms with Crippen LogP contribution in [0.4, 0.5) is 0 Å². The minimum atomic E-state index is 1.11. The molecule has 0 rings (SSSR count). The van der Waals surface area contributed by atoms with Gasteiger partial charge in [0.05, 0.1) is 0 Å². The van der Waals surface area contributed by atoms with Gasteiger partial charge in [0.25, 0.3) is 0 Å². The summed E-state index contributed by atoms with van der Waals surface area (Å²) < 4.78 is 0. The molecule has 0 aromatic heterocycles. The van der Waals surface area contributed by atoms with Crippen molar-refractivity contribution in [1.82, 2.24) is 0 Å². The lowest BCUT2D eigenvalue weighted by Crippen LogP contribution is -1.82. The van der Waals surface area contributed by atoms with E-state index in [9.17, 15) is 0 Å². The van der Waals surface area contributed by atoms with Gasteiger partial charge in [-0.25, -0.2) is 0 Å². The lowest BCUT2D eigenvalue weighted by molar-refractivity contribution is 0.542. The molecule has 0 aliphatic heterocycles. The first kappa shape index (κ1) is 25.7. The fourth-order valence-electron chi connectivity index (χ4n) is 3.59. The maximum atomic E-state index is 3.90. The van der Waals surface area contributed by atoms with Crippen molar-refractivity contribution < 1.29 is 0 Å². The van der Waals surface area contributed by atoms with E-state index in [2.05, 4.69) is 26.0 Å². The van der Waals surface area contributed by atoms with Gasteiger partial charge in [0.2, 0.25) is 0 Å². The number of allylic oxidation sites excluding steroid dienone is 2. The van der Waals surface area contributed by atoms with E-state index in [0.29, 0.717) is 0 Å². The molecule has 0 amide bonds. The fourth-order valence-corrected chi connectivity index (χ4v) is 3.59. The Hall–Kier alpha value is -0.260. The van der Waals surface area contributed by atoms with Gasteiger partial charge in [-0.3, -0.25) is 0 Å². The summed E-state index contributed by atoms with van der Waals surface area (Å²) in [6.07, 6.45) is 35.2. The molecule has 0 heteroatoms. The van der Waals surface area contributed by atoms with Gasteiger partial charge < -0.3 is 0 Å². The van der Waals surface area contributed by atoms with Crippen LogP contribution < -0.4 is 0 Å². The second-order valence-electron chi connectivity index (χ2n) is 8.12. The molecule has 0 fully saturated rings. The van der Waals surface area contributed by atoms with E-state index in [1.54, 1.807) is 0 Å². The van der Waals surface area contributed by atoms with Crippen LogP contribution in [0.1, 0.15) is 141 Å². The summed E-state index contributed by atoms with van der Waals surface area (Å²) in [7, 11) is 0. The van der Waals surface area contributed by atoms with Gasteiger partial charge in [0, 0.05) is 0 Å². The predicted octanol–water partition coefficient (Wildman–Crippen LogP) is 9.79. The van der Waals surface area contributed by atoms with Crippen LogP contribution in [0.25, 0.3) is 0 Å². The van der Waals surface area contributed by atoms with Gasteiger partial charge >= 0.3 is 0 Å². The number of hydrogen-bond acceptors (Lipinski definition) is 0. The molecule has 0 N–H and O–H groups in total. The lowest BCUT2D eigenvalue weighted by atomic mass is 10.0. The Bertz CT molecular complexity index is 253. The molecule has 154 valence electrons. The molecule has 2 radical (unpaired) electrons. The summed E-state index contributed by atoms with van der Waals surface area (Å²) in [6.45, 7) is 7.80. The number of unbranched alkanes of at least 4 members (excludes halogenated alkanes) is 20. The molecule has 0 atom stereocenters.